The lowest BCUT2D eigenvalue weighted by molar-refractivity contribution is 0.295. The Morgan fingerprint density at radius 2 is 2.00 bits per heavy atom. The Morgan fingerprint density at radius 3 is 2.67 bits per heavy atom. The van der Waals surface area contributed by atoms with Gasteiger partial charge in [-0.1, -0.05) is 15.9 Å². The van der Waals surface area contributed by atoms with Crippen LogP contribution in [0.15, 0.2) is 28.7 Å². The summed E-state index contributed by atoms with van der Waals surface area (Å²) in [6, 6.07) is 7.64. The van der Waals surface area contributed by atoms with Crippen molar-refractivity contribution in [2.24, 2.45) is 0 Å². The van der Waals surface area contributed by atoms with Crippen molar-refractivity contribution in [3.8, 4) is 5.69 Å². The summed E-state index contributed by atoms with van der Waals surface area (Å²) in [6.45, 7) is 0.0386. The molecular weight excluding hydrogens is 260 g/mol. The molecule has 0 unspecified atom stereocenters. The van der Waals surface area contributed by atoms with Gasteiger partial charge in [0.25, 0.3) is 0 Å². The maximum Gasteiger partial charge on any atom is 0.158 e. The van der Waals surface area contributed by atoms with Crippen molar-refractivity contribution in [2.75, 3.05) is 6.61 Å². The van der Waals surface area contributed by atoms with Crippen LogP contribution in [0.4, 0.5) is 0 Å². The summed E-state index contributed by atoms with van der Waals surface area (Å²) in [4.78, 5) is 0. The van der Waals surface area contributed by atoms with Crippen LogP contribution in [0.5, 0.6) is 0 Å². The van der Waals surface area contributed by atoms with Gasteiger partial charge in [-0.2, -0.15) is 4.68 Å². The number of hydrogen-bond donors (Lipinski definition) is 1. The van der Waals surface area contributed by atoms with E-state index in [1.807, 2.05) is 24.3 Å². The number of nitrogens with zero attached hydrogens (tertiary/aromatic N) is 4. The number of rotatable bonds is 3. The van der Waals surface area contributed by atoms with Crippen molar-refractivity contribution in [3.63, 3.8) is 0 Å². The van der Waals surface area contributed by atoms with Crippen molar-refractivity contribution >= 4 is 15.9 Å². The Balaban J connectivity index is 2.36. The van der Waals surface area contributed by atoms with Gasteiger partial charge in [0, 0.05) is 10.9 Å². The van der Waals surface area contributed by atoms with E-state index in [9.17, 15) is 0 Å². The number of halogens is 1. The first kappa shape index (κ1) is 10.3. The molecule has 0 aliphatic rings. The second-order valence-corrected chi connectivity index (χ2v) is 3.87. The maximum atomic E-state index is 8.84. The van der Waals surface area contributed by atoms with Gasteiger partial charge in [0.1, 0.15) is 0 Å². The van der Waals surface area contributed by atoms with E-state index in [0.717, 1.165) is 10.2 Å². The van der Waals surface area contributed by atoms with Crippen LogP contribution in [0, 0.1) is 0 Å². The van der Waals surface area contributed by atoms with Crippen LogP contribution in [0.25, 0.3) is 5.69 Å². The fourth-order valence-corrected chi connectivity index (χ4v) is 1.51. The standard InChI is InChI=1S/C9H9BrN4O/c10-7-1-3-8(4-2-7)14-9(5-6-15)11-12-13-14/h1-4,15H,5-6H2. The molecule has 0 saturated carbocycles. The molecule has 0 radical (unpaired) electrons. The highest BCUT2D eigenvalue weighted by Gasteiger charge is 2.06. The van der Waals surface area contributed by atoms with E-state index in [-0.39, 0.29) is 6.61 Å². The molecule has 0 aliphatic carbocycles. The Bertz CT molecular complexity index is 440. The molecule has 0 amide bonds. The molecule has 6 heteroatoms. The lowest BCUT2D eigenvalue weighted by Gasteiger charge is -2.02. The van der Waals surface area contributed by atoms with Crippen LogP contribution in [0.1, 0.15) is 5.82 Å². The lowest BCUT2D eigenvalue weighted by atomic mass is 10.3. The van der Waals surface area contributed by atoms with Crippen LogP contribution < -0.4 is 0 Å². The van der Waals surface area contributed by atoms with Crippen LogP contribution in [-0.4, -0.2) is 31.9 Å². The lowest BCUT2D eigenvalue weighted by Crippen LogP contribution is -2.04. The molecule has 78 valence electrons. The van der Waals surface area contributed by atoms with Gasteiger partial charge in [0.05, 0.1) is 12.3 Å². The van der Waals surface area contributed by atoms with E-state index in [1.165, 1.54) is 0 Å². The second-order valence-electron chi connectivity index (χ2n) is 2.96. The predicted molar refractivity (Wildman–Crippen MR) is 57.6 cm³/mol. The Hall–Kier alpha value is -1.27. The average molecular weight is 269 g/mol. The fourth-order valence-electron chi connectivity index (χ4n) is 1.24. The minimum atomic E-state index is 0.0386. The first-order chi connectivity index (χ1) is 7.31. The second kappa shape index (κ2) is 4.50. The maximum absolute atomic E-state index is 8.84. The van der Waals surface area contributed by atoms with E-state index < -0.39 is 0 Å². The summed E-state index contributed by atoms with van der Waals surface area (Å²) >= 11 is 3.36. The first-order valence-electron chi connectivity index (χ1n) is 4.45. The highest BCUT2D eigenvalue weighted by atomic mass is 79.9. The third kappa shape index (κ3) is 2.21. The highest BCUT2D eigenvalue weighted by Crippen LogP contribution is 2.13. The van der Waals surface area contributed by atoms with Crippen LogP contribution in [0.2, 0.25) is 0 Å². The number of aromatic nitrogens is 4. The molecule has 0 bridgehead atoms. The Kier molecular flexibility index (Phi) is 3.08. The average Bonchev–Trinajstić information content (AvgIpc) is 2.68. The Labute approximate surface area is 94.9 Å². The summed E-state index contributed by atoms with van der Waals surface area (Å²) < 4.78 is 2.62. The van der Waals surface area contributed by atoms with Crippen molar-refractivity contribution in [3.05, 3.63) is 34.6 Å². The topological polar surface area (TPSA) is 63.8 Å². The van der Waals surface area contributed by atoms with Gasteiger partial charge in [-0.25, -0.2) is 0 Å². The van der Waals surface area contributed by atoms with Crippen molar-refractivity contribution < 1.29 is 5.11 Å². The summed E-state index contributed by atoms with van der Waals surface area (Å²) in [5, 5.41) is 20.1. The SMILES string of the molecule is OCCc1nnnn1-c1ccc(Br)cc1. The summed E-state index contributed by atoms with van der Waals surface area (Å²) in [5.41, 5.74) is 0.881. The smallest absolute Gasteiger partial charge is 0.158 e. The van der Waals surface area contributed by atoms with Gasteiger partial charge < -0.3 is 5.11 Å². The van der Waals surface area contributed by atoms with Crippen molar-refractivity contribution in [1.29, 1.82) is 0 Å². The molecule has 0 atom stereocenters. The molecule has 2 rings (SSSR count). The summed E-state index contributed by atoms with van der Waals surface area (Å²) in [6.07, 6.45) is 0.447. The van der Waals surface area contributed by atoms with Gasteiger partial charge in [0.2, 0.25) is 0 Å². The summed E-state index contributed by atoms with van der Waals surface area (Å²) in [5.74, 6) is 0.653. The number of aliphatic hydroxyl groups is 1. The highest BCUT2D eigenvalue weighted by molar-refractivity contribution is 9.10. The van der Waals surface area contributed by atoms with Gasteiger partial charge in [0.15, 0.2) is 5.82 Å². The molecule has 5 nitrogen and oxygen atoms in total. The molecule has 2 aromatic rings. The minimum absolute atomic E-state index is 0.0386. The van der Waals surface area contributed by atoms with Gasteiger partial charge in [-0.05, 0) is 34.7 Å². The van der Waals surface area contributed by atoms with Crippen LogP contribution in [-0.2, 0) is 6.42 Å². The number of benzene rings is 1. The number of aliphatic hydroxyl groups excluding tert-OH is 1. The molecule has 1 aromatic carbocycles. The van der Waals surface area contributed by atoms with E-state index in [2.05, 4.69) is 31.5 Å². The third-order valence-electron chi connectivity index (χ3n) is 1.94. The van der Waals surface area contributed by atoms with E-state index in [4.69, 9.17) is 5.11 Å². The van der Waals surface area contributed by atoms with E-state index >= 15 is 0 Å². The monoisotopic (exact) mass is 268 g/mol. The van der Waals surface area contributed by atoms with Gasteiger partial charge in [-0.3, -0.25) is 0 Å². The normalized spacial score (nSPS) is 10.5. The zero-order valence-electron chi connectivity index (χ0n) is 7.84. The van der Waals surface area contributed by atoms with Crippen molar-refractivity contribution in [1.82, 2.24) is 20.2 Å². The molecule has 0 spiro atoms. The molecule has 0 aliphatic heterocycles. The summed E-state index contributed by atoms with van der Waals surface area (Å²) in [7, 11) is 0. The molecule has 1 aromatic heterocycles. The van der Waals surface area contributed by atoms with E-state index in [1.54, 1.807) is 4.68 Å². The Morgan fingerprint density at radius 1 is 1.27 bits per heavy atom. The molecule has 1 heterocycles. The van der Waals surface area contributed by atoms with Gasteiger partial charge >= 0.3 is 0 Å². The zero-order valence-corrected chi connectivity index (χ0v) is 9.42. The minimum Gasteiger partial charge on any atom is -0.396 e. The number of tetrazole rings is 1. The quantitative estimate of drug-likeness (QED) is 0.901. The van der Waals surface area contributed by atoms with Crippen molar-refractivity contribution in [2.45, 2.75) is 6.42 Å². The largest absolute Gasteiger partial charge is 0.396 e. The van der Waals surface area contributed by atoms with Crippen LogP contribution in [0.3, 0.4) is 0 Å². The number of hydrogen-bond acceptors (Lipinski definition) is 4. The fraction of sp³-hybridized carbons (Fsp3) is 0.222. The molecule has 1 N–H and O–H groups in total. The van der Waals surface area contributed by atoms with E-state index in [0.29, 0.717) is 12.2 Å². The first-order valence-corrected chi connectivity index (χ1v) is 5.24. The van der Waals surface area contributed by atoms with Crippen LogP contribution >= 0.6 is 15.9 Å². The predicted octanol–water partition coefficient (Wildman–Crippen LogP) is 0.960. The molecule has 15 heavy (non-hydrogen) atoms. The molecule has 0 fully saturated rings. The van der Waals surface area contributed by atoms with Gasteiger partial charge in [-0.15, -0.1) is 5.10 Å². The third-order valence-corrected chi connectivity index (χ3v) is 2.47. The molecular formula is C9H9BrN4O. The molecule has 0 saturated heterocycles. The zero-order chi connectivity index (χ0) is 10.7.